The summed E-state index contributed by atoms with van der Waals surface area (Å²) in [5, 5.41) is 9.64. The van der Waals surface area contributed by atoms with Crippen molar-refractivity contribution in [3.63, 3.8) is 0 Å². The van der Waals surface area contributed by atoms with Crippen LogP contribution >= 0.6 is 0 Å². The Morgan fingerprint density at radius 2 is 1.62 bits per heavy atom. The van der Waals surface area contributed by atoms with E-state index in [1.54, 1.807) is 26.8 Å². The van der Waals surface area contributed by atoms with Gasteiger partial charge in [0.1, 0.15) is 0 Å². The Morgan fingerprint density at radius 1 is 1.00 bits per heavy atom. The highest BCUT2D eigenvalue weighted by atomic mass is 16.4. The first-order valence-corrected chi connectivity index (χ1v) is 8.73. The lowest BCUT2D eigenvalue weighted by Gasteiger charge is -2.20. The molecule has 4 heteroatoms. The van der Waals surface area contributed by atoms with Gasteiger partial charge in [0.15, 0.2) is 11.6 Å². The molecule has 0 saturated heterocycles. The minimum atomic E-state index is -1.05. The zero-order valence-corrected chi connectivity index (χ0v) is 15.9. The van der Waals surface area contributed by atoms with Crippen LogP contribution in [0.5, 0.6) is 0 Å². The number of hydrogen-bond acceptors (Lipinski definition) is 3. The Balaban J connectivity index is 2.67. The molecule has 0 unspecified atom stereocenters. The minimum absolute atomic E-state index is 0.136. The van der Waals surface area contributed by atoms with Gasteiger partial charge in [0.2, 0.25) is 0 Å². The summed E-state index contributed by atoms with van der Waals surface area (Å²) in [4.78, 5) is 36.9. The van der Waals surface area contributed by atoms with Crippen LogP contribution in [0.3, 0.4) is 0 Å². The van der Waals surface area contributed by atoms with E-state index in [0.29, 0.717) is 33.4 Å². The summed E-state index contributed by atoms with van der Waals surface area (Å²) >= 11 is 0. The standard InChI is InChI=1S/C22H24O4/c1-6-7-8-9-17-12(2)10-16(11-18(17)22(25)26)19-15(5)20(23)13(3)14(4)21(19)24/h8-11H,6-7H2,1-5H3,(H,25,26). The average molecular weight is 352 g/mol. The highest BCUT2D eigenvalue weighted by Crippen LogP contribution is 2.33. The number of Topliss-reactive ketones (excluding diaryl/α,β-unsaturated/α-hetero) is 2. The van der Waals surface area contributed by atoms with Gasteiger partial charge < -0.3 is 5.11 Å². The number of carboxylic acid groups (broad SMARTS) is 1. The van der Waals surface area contributed by atoms with Crippen molar-refractivity contribution in [3.8, 4) is 0 Å². The van der Waals surface area contributed by atoms with Gasteiger partial charge >= 0.3 is 5.97 Å². The van der Waals surface area contributed by atoms with Crippen LogP contribution in [0.1, 0.15) is 67.6 Å². The summed E-state index contributed by atoms with van der Waals surface area (Å²) in [5.74, 6) is -1.44. The average Bonchev–Trinajstić information content (AvgIpc) is 2.59. The second kappa shape index (κ2) is 7.65. The molecule has 0 bridgehead atoms. The molecule has 1 aromatic carbocycles. The molecule has 1 N–H and O–H groups in total. The van der Waals surface area contributed by atoms with E-state index < -0.39 is 5.97 Å². The fraction of sp³-hybridized carbons (Fsp3) is 0.318. The van der Waals surface area contributed by atoms with Crippen molar-refractivity contribution in [1.29, 1.82) is 0 Å². The molecule has 136 valence electrons. The van der Waals surface area contributed by atoms with Crippen LogP contribution in [0.15, 0.2) is 34.9 Å². The predicted molar refractivity (Wildman–Crippen MR) is 103 cm³/mol. The number of rotatable bonds is 5. The molecule has 1 aliphatic rings. The number of hydrogen-bond donors (Lipinski definition) is 1. The van der Waals surface area contributed by atoms with E-state index in [1.807, 2.05) is 19.1 Å². The van der Waals surface area contributed by atoms with Gasteiger partial charge in [0.05, 0.1) is 5.56 Å². The van der Waals surface area contributed by atoms with Crippen molar-refractivity contribution in [2.75, 3.05) is 0 Å². The van der Waals surface area contributed by atoms with E-state index in [9.17, 15) is 19.5 Å². The number of allylic oxidation sites excluding steroid dienone is 5. The molecule has 0 amide bonds. The number of benzene rings is 1. The Hall–Kier alpha value is -2.75. The molecule has 0 aliphatic heterocycles. The van der Waals surface area contributed by atoms with Crippen LogP contribution in [0.2, 0.25) is 0 Å². The van der Waals surface area contributed by atoms with Crippen molar-refractivity contribution >= 4 is 29.2 Å². The van der Waals surface area contributed by atoms with E-state index in [0.717, 1.165) is 18.4 Å². The largest absolute Gasteiger partial charge is 0.478 e. The van der Waals surface area contributed by atoms with Gasteiger partial charge in [-0.1, -0.05) is 31.6 Å². The summed E-state index contributed by atoms with van der Waals surface area (Å²) in [6.07, 6.45) is 5.60. The van der Waals surface area contributed by atoms with Gasteiger partial charge in [-0.15, -0.1) is 0 Å². The van der Waals surface area contributed by atoms with E-state index in [1.165, 1.54) is 6.07 Å². The molecule has 0 atom stereocenters. The lowest BCUT2D eigenvalue weighted by molar-refractivity contribution is -0.115. The first kappa shape index (κ1) is 19.6. The fourth-order valence-corrected chi connectivity index (χ4v) is 3.15. The molecule has 0 radical (unpaired) electrons. The fourth-order valence-electron chi connectivity index (χ4n) is 3.15. The first-order valence-electron chi connectivity index (χ1n) is 8.73. The maximum Gasteiger partial charge on any atom is 0.336 e. The summed E-state index contributed by atoms with van der Waals surface area (Å²) in [6, 6.07) is 3.29. The number of aromatic carboxylic acids is 1. The molecular formula is C22H24O4. The molecular weight excluding hydrogens is 328 g/mol. The summed E-state index contributed by atoms with van der Waals surface area (Å²) < 4.78 is 0. The molecule has 4 nitrogen and oxygen atoms in total. The van der Waals surface area contributed by atoms with Gasteiger partial charge in [-0.3, -0.25) is 9.59 Å². The lowest BCUT2D eigenvalue weighted by Crippen LogP contribution is -2.20. The summed E-state index contributed by atoms with van der Waals surface area (Å²) in [6.45, 7) is 8.77. The molecule has 0 fully saturated rings. The first-order chi connectivity index (χ1) is 12.2. The summed E-state index contributed by atoms with van der Waals surface area (Å²) in [5.41, 5.74) is 3.54. The van der Waals surface area contributed by atoms with Gasteiger partial charge in [0, 0.05) is 22.3 Å². The number of carbonyl (C=O) groups is 3. The number of ketones is 2. The zero-order valence-electron chi connectivity index (χ0n) is 15.9. The smallest absolute Gasteiger partial charge is 0.336 e. The predicted octanol–water partition coefficient (Wildman–Crippen LogP) is 4.77. The highest BCUT2D eigenvalue weighted by molar-refractivity contribution is 6.39. The molecule has 26 heavy (non-hydrogen) atoms. The Morgan fingerprint density at radius 3 is 2.19 bits per heavy atom. The van der Waals surface area contributed by atoms with E-state index in [4.69, 9.17) is 0 Å². The van der Waals surface area contributed by atoms with Crippen molar-refractivity contribution in [1.82, 2.24) is 0 Å². The molecule has 0 saturated carbocycles. The van der Waals surface area contributed by atoms with Gasteiger partial charge in [-0.2, -0.15) is 0 Å². The second-order valence-electron chi connectivity index (χ2n) is 6.66. The topological polar surface area (TPSA) is 71.4 Å². The van der Waals surface area contributed by atoms with Gasteiger partial charge in [-0.05, 0) is 56.9 Å². The molecule has 0 aromatic heterocycles. The van der Waals surface area contributed by atoms with Crippen LogP contribution < -0.4 is 0 Å². The van der Waals surface area contributed by atoms with Crippen LogP contribution in [0.25, 0.3) is 11.6 Å². The number of aryl methyl sites for hydroxylation is 1. The molecule has 2 rings (SSSR count). The maximum absolute atomic E-state index is 12.8. The lowest BCUT2D eigenvalue weighted by atomic mass is 9.81. The molecule has 0 heterocycles. The monoisotopic (exact) mass is 352 g/mol. The van der Waals surface area contributed by atoms with E-state index >= 15 is 0 Å². The summed E-state index contributed by atoms with van der Waals surface area (Å²) in [7, 11) is 0. The van der Waals surface area contributed by atoms with Crippen LogP contribution in [0, 0.1) is 6.92 Å². The van der Waals surface area contributed by atoms with Crippen molar-refractivity contribution in [2.45, 2.75) is 47.5 Å². The molecule has 0 spiro atoms. The third kappa shape index (κ3) is 3.45. The van der Waals surface area contributed by atoms with Crippen LogP contribution in [-0.2, 0) is 9.59 Å². The second-order valence-corrected chi connectivity index (χ2v) is 6.66. The van der Waals surface area contributed by atoms with Crippen molar-refractivity contribution in [2.24, 2.45) is 0 Å². The van der Waals surface area contributed by atoms with Gasteiger partial charge in [-0.25, -0.2) is 4.79 Å². The minimum Gasteiger partial charge on any atom is -0.478 e. The van der Waals surface area contributed by atoms with Crippen LogP contribution in [0.4, 0.5) is 0 Å². The number of unbranched alkanes of at least 4 members (excludes halogenated alkanes) is 1. The van der Waals surface area contributed by atoms with Crippen LogP contribution in [-0.4, -0.2) is 22.6 Å². The number of carbonyl (C=O) groups excluding carboxylic acids is 2. The van der Waals surface area contributed by atoms with Crippen molar-refractivity contribution in [3.05, 3.63) is 57.2 Å². The third-order valence-electron chi connectivity index (χ3n) is 4.83. The Kier molecular flexibility index (Phi) is 5.76. The van der Waals surface area contributed by atoms with Crippen molar-refractivity contribution < 1.29 is 19.5 Å². The van der Waals surface area contributed by atoms with E-state index in [2.05, 4.69) is 6.92 Å². The maximum atomic E-state index is 12.8. The Bertz CT molecular complexity index is 895. The normalized spacial score (nSPS) is 15.4. The van der Waals surface area contributed by atoms with Gasteiger partial charge in [0.25, 0.3) is 0 Å². The third-order valence-corrected chi connectivity index (χ3v) is 4.83. The highest BCUT2D eigenvalue weighted by Gasteiger charge is 2.29. The van der Waals surface area contributed by atoms with E-state index in [-0.39, 0.29) is 17.1 Å². The quantitative estimate of drug-likeness (QED) is 0.775. The Labute approximate surface area is 153 Å². The zero-order chi connectivity index (χ0) is 19.6. The SMILES string of the molecule is CCCC=Cc1c(C)cc(C2=C(C)C(=O)C(C)=C(C)C2=O)cc1C(=O)O. The number of carboxylic acids is 1. The molecule has 1 aromatic rings. The molecule has 1 aliphatic carbocycles.